The highest BCUT2D eigenvalue weighted by atomic mass is 28.4. The molecule has 0 aromatic heterocycles. The Balaban J connectivity index is 1.40. The quantitative estimate of drug-likeness (QED) is 0.352. The molecule has 198 valence electrons. The number of rotatable bonds is 5. The molecule has 4 saturated carbocycles. The molecular weight excluding hydrogens is 452 g/mol. The minimum atomic E-state index is -1.85. The van der Waals surface area contributed by atoms with Crippen LogP contribution in [0.1, 0.15) is 91.9 Å². The Hall–Kier alpha value is -0.723. The van der Waals surface area contributed by atoms with Crippen molar-refractivity contribution in [3.8, 4) is 0 Å². The lowest BCUT2D eigenvalue weighted by Gasteiger charge is -2.61. The topological polar surface area (TPSA) is 59.9 Å². The van der Waals surface area contributed by atoms with Crippen LogP contribution in [-0.2, 0) is 14.1 Å². The summed E-state index contributed by atoms with van der Waals surface area (Å²) in [6, 6.07) is 0. The third kappa shape index (κ3) is 4.48. The third-order valence-corrected chi connectivity index (χ3v) is 16.2. The first-order chi connectivity index (χ1) is 16.5. The highest BCUT2D eigenvalue weighted by Crippen LogP contribution is 2.65. The monoisotopic (exact) mass is 502 g/mol. The van der Waals surface area contributed by atoms with Gasteiger partial charge in [0.1, 0.15) is 11.9 Å². The van der Waals surface area contributed by atoms with Gasteiger partial charge in [-0.15, -0.1) is 0 Å². The molecular formula is C29H50N2O3Si. The van der Waals surface area contributed by atoms with E-state index in [-0.39, 0.29) is 22.0 Å². The van der Waals surface area contributed by atoms with E-state index in [2.05, 4.69) is 46.1 Å². The van der Waals surface area contributed by atoms with Crippen molar-refractivity contribution in [3.63, 3.8) is 0 Å². The molecule has 5 fully saturated rings. The maximum atomic E-state index is 12.9. The number of fused-ring (bicyclic) bond motifs is 5. The fourth-order valence-electron chi connectivity index (χ4n) is 8.40. The highest BCUT2D eigenvalue weighted by Gasteiger charge is 2.62. The predicted octanol–water partition coefficient (Wildman–Crippen LogP) is 6.33. The maximum Gasteiger partial charge on any atom is 0.192 e. The van der Waals surface area contributed by atoms with E-state index < -0.39 is 8.32 Å². The number of carbonyl (C=O) groups is 1. The van der Waals surface area contributed by atoms with E-state index in [1.807, 2.05) is 0 Å². The smallest absolute Gasteiger partial charge is 0.192 e. The van der Waals surface area contributed by atoms with Crippen LogP contribution in [0.25, 0.3) is 0 Å². The van der Waals surface area contributed by atoms with Gasteiger partial charge < -0.3 is 14.6 Å². The van der Waals surface area contributed by atoms with Crippen LogP contribution in [0.2, 0.25) is 18.1 Å². The average Bonchev–Trinajstić information content (AvgIpc) is 3.43. The summed E-state index contributed by atoms with van der Waals surface area (Å²) in [5.74, 6) is 3.15. The molecule has 35 heavy (non-hydrogen) atoms. The number of hydrogen-bond donors (Lipinski definition) is 1. The van der Waals surface area contributed by atoms with Crippen molar-refractivity contribution in [2.45, 2.75) is 116 Å². The number of carbonyl (C=O) groups excluding carboxylic acids is 1. The van der Waals surface area contributed by atoms with Crippen LogP contribution in [0, 0.1) is 34.5 Å². The highest BCUT2D eigenvalue weighted by molar-refractivity contribution is 6.74. The summed E-state index contributed by atoms with van der Waals surface area (Å²) in [6.07, 6.45) is 11.4. The molecule has 0 spiro atoms. The number of hydrogen-bond acceptors (Lipinski definition) is 5. The summed E-state index contributed by atoms with van der Waals surface area (Å²) >= 11 is 0. The van der Waals surface area contributed by atoms with Gasteiger partial charge in [-0.3, -0.25) is 4.79 Å². The molecule has 5 rings (SSSR count). The van der Waals surface area contributed by atoms with Gasteiger partial charge in [0, 0.05) is 31.4 Å². The van der Waals surface area contributed by atoms with Gasteiger partial charge in [0.2, 0.25) is 0 Å². The summed E-state index contributed by atoms with van der Waals surface area (Å²) in [5, 5.41) is 8.32. The molecule has 0 radical (unpaired) electrons. The van der Waals surface area contributed by atoms with E-state index in [1.165, 1.54) is 31.4 Å². The number of Topliss-reactive ketones (excluding diaryl/α,β-unsaturated/α-hetero) is 1. The van der Waals surface area contributed by atoms with Gasteiger partial charge in [-0.25, -0.2) is 0 Å². The Morgan fingerprint density at radius 2 is 1.86 bits per heavy atom. The molecule has 0 aromatic rings. The van der Waals surface area contributed by atoms with Crippen LogP contribution in [-0.4, -0.2) is 45.6 Å². The molecule has 0 aromatic carbocycles. The lowest BCUT2D eigenvalue weighted by molar-refractivity contribution is -0.142. The zero-order valence-electron chi connectivity index (χ0n) is 23.3. The van der Waals surface area contributed by atoms with Crippen molar-refractivity contribution >= 4 is 19.8 Å². The second-order valence-corrected chi connectivity index (χ2v) is 19.2. The summed E-state index contributed by atoms with van der Waals surface area (Å²) in [4.78, 5) is 18.9. The van der Waals surface area contributed by atoms with Gasteiger partial charge in [-0.05, 0) is 105 Å². The van der Waals surface area contributed by atoms with Gasteiger partial charge in [-0.2, -0.15) is 0 Å². The zero-order valence-corrected chi connectivity index (χ0v) is 24.3. The van der Waals surface area contributed by atoms with Crippen molar-refractivity contribution in [3.05, 3.63) is 0 Å². The molecule has 5 aliphatic rings. The molecule has 7 atom stereocenters. The molecule has 4 aliphatic carbocycles. The second-order valence-electron chi connectivity index (χ2n) is 14.4. The minimum absolute atomic E-state index is 0.0556. The molecule has 3 unspecified atom stereocenters. The predicted molar refractivity (Wildman–Crippen MR) is 144 cm³/mol. The second kappa shape index (κ2) is 9.23. The van der Waals surface area contributed by atoms with Crippen LogP contribution in [0.15, 0.2) is 5.16 Å². The van der Waals surface area contributed by atoms with Crippen LogP contribution >= 0.6 is 0 Å². The Morgan fingerprint density at radius 1 is 1.06 bits per heavy atom. The van der Waals surface area contributed by atoms with Crippen LogP contribution in [0.5, 0.6) is 0 Å². The van der Waals surface area contributed by atoms with E-state index in [4.69, 9.17) is 14.4 Å². The summed E-state index contributed by atoms with van der Waals surface area (Å²) in [7, 11) is -1.85. The first-order valence-corrected chi connectivity index (χ1v) is 17.5. The lowest BCUT2D eigenvalue weighted by atomic mass is 9.45. The van der Waals surface area contributed by atoms with Gasteiger partial charge in [0.25, 0.3) is 0 Å². The van der Waals surface area contributed by atoms with Crippen molar-refractivity contribution in [1.82, 2.24) is 5.32 Å². The Bertz CT molecular complexity index is 845. The van der Waals surface area contributed by atoms with E-state index in [1.54, 1.807) is 0 Å². The van der Waals surface area contributed by atoms with Crippen LogP contribution in [0.4, 0.5) is 0 Å². The lowest BCUT2D eigenvalue weighted by Crippen LogP contribution is -2.58. The van der Waals surface area contributed by atoms with Crippen LogP contribution in [0.3, 0.4) is 0 Å². The summed E-state index contributed by atoms with van der Waals surface area (Å²) in [5.41, 5.74) is 1.46. The number of ketones is 1. The molecule has 5 nitrogen and oxygen atoms in total. The summed E-state index contributed by atoms with van der Waals surface area (Å²) < 4.78 is 7.07. The Kier molecular flexibility index (Phi) is 6.83. The molecule has 6 heteroatoms. The van der Waals surface area contributed by atoms with Gasteiger partial charge >= 0.3 is 0 Å². The van der Waals surface area contributed by atoms with Crippen molar-refractivity contribution in [2.24, 2.45) is 39.7 Å². The molecule has 1 heterocycles. The van der Waals surface area contributed by atoms with Crippen molar-refractivity contribution < 1.29 is 14.1 Å². The van der Waals surface area contributed by atoms with Crippen molar-refractivity contribution in [2.75, 3.05) is 19.7 Å². The van der Waals surface area contributed by atoms with Gasteiger partial charge in [0.05, 0.1) is 5.71 Å². The molecule has 0 amide bonds. The molecule has 1 saturated heterocycles. The van der Waals surface area contributed by atoms with Crippen molar-refractivity contribution in [1.29, 1.82) is 0 Å². The standard InChI is InChI=1S/C29H50N2O3Si/c1-27(2,3)35(5,6)33-19-29-15-11-21(31-34-22-13-16-30-18-22)17-20(29)7-8-23-24-9-10-26(32)28(24,4)14-12-25(23)29/h20,22-25,30H,7-19H2,1-6H3/b31-21-/t20-,22-,23?,24?,25?,28-,29+/m0/s1. The summed E-state index contributed by atoms with van der Waals surface area (Å²) in [6.45, 7) is 17.1. The molecule has 0 bridgehead atoms. The minimum Gasteiger partial charge on any atom is -0.416 e. The fourth-order valence-corrected chi connectivity index (χ4v) is 9.46. The Labute approximate surface area is 214 Å². The average molecular weight is 503 g/mol. The SMILES string of the molecule is CC(C)(C)[Si](C)(C)OC[C@]12CC/C(=N/O[C@H]3CCNC3)C[C@@H]1CCC1C2CC[C@]2(C)C(=O)CCC12. The fraction of sp³-hybridized carbons (Fsp3) is 0.931. The third-order valence-electron chi connectivity index (χ3n) is 11.8. The maximum absolute atomic E-state index is 12.9. The van der Waals surface area contributed by atoms with E-state index >= 15 is 0 Å². The number of oxime groups is 1. The van der Waals surface area contributed by atoms with E-state index in [0.29, 0.717) is 29.5 Å². The first kappa shape index (κ1) is 25.9. The van der Waals surface area contributed by atoms with Gasteiger partial charge in [0.15, 0.2) is 8.32 Å². The first-order valence-electron chi connectivity index (χ1n) is 14.6. The number of nitrogens with one attached hydrogen (secondary N) is 1. The zero-order chi connectivity index (χ0) is 25.1. The van der Waals surface area contributed by atoms with E-state index in [0.717, 1.165) is 58.2 Å². The largest absolute Gasteiger partial charge is 0.416 e. The number of nitrogens with zero attached hydrogens (tertiary/aromatic N) is 1. The Morgan fingerprint density at radius 3 is 2.57 bits per heavy atom. The van der Waals surface area contributed by atoms with E-state index in [9.17, 15) is 4.79 Å². The molecule has 1 N–H and O–H groups in total. The normalized spacial score (nSPS) is 43.1. The molecule has 1 aliphatic heterocycles. The van der Waals surface area contributed by atoms with Crippen LogP contribution < -0.4 is 5.32 Å². The van der Waals surface area contributed by atoms with Gasteiger partial charge in [-0.1, -0.05) is 32.9 Å².